The van der Waals surface area contributed by atoms with Crippen molar-refractivity contribution < 1.29 is 17.2 Å². The highest BCUT2D eigenvalue weighted by molar-refractivity contribution is 7.88. The maximum Gasteiger partial charge on any atom is 0.257 e. The Morgan fingerprint density at radius 1 is 1.12 bits per heavy atom. The van der Waals surface area contributed by atoms with Crippen LogP contribution in [-0.2, 0) is 29.9 Å². The van der Waals surface area contributed by atoms with Gasteiger partial charge in [0.25, 0.3) is 5.56 Å². The molecule has 6 nitrogen and oxygen atoms in total. The zero-order chi connectivity index (χ0) is 23.9. The average Bonchev–Trinajstić information content (AvgIpc) is 2.72. The average molecular weight is 474 g/mol. The van der Waals surface area contributed by atoms with E-state index < -0.39 is 33.6 Å². The number of nitrogens with zero attached hydrogens (tertiary/aromatic N) is 2. The molecule has 1 aromatic heterocycles. The van der Waals surface area contributed by atoms with Gasteiger partial charge in [0.2, 0.25) is 10.0 Å². The van der Waals surface area contributed by atoms with Gasteiger partial charge in [-0.15, -0.1) is 0 Å². The topological polar surface area (TPSA) is 81.1 Å². The third-order valence-corrected chi connectivity index (χ3v) is 6.85. The molecule has 1 heterocycles. The number of rotatable bonds is 5. The molecule has 2 atom stereocenters. The SMILES string of the molecule is Cc1nc2c(c(=O)n1C)[C@@H](Cc1cccc(-c3cc(F)cc(F)c3)c1)[C@@H](NS(C)(=O)=O)CC2. The van der Waals surface area contributed by atoms with Crippen molar-refractivity contribution in [2.45, 2.75) is 38.1 Å². The maximum atomic E-state index is 13.7. The highest BCUT2D eigenvalue weighted by Gasteiger charge is 2.35. The number of hydrogen-bond donors (Lipinski definition) is 1. The van der Waals surface area contributed by atoms with Crippen LogP contribution in [0.1, 0.15) is 35.0 Å². The minimum Gasteiger partial charge on any atom is -0.300 e. The smallest absolute Gasteiger partial charge is 0.257 e. The Bertz CT molecular complexity index is 1370. The molecule has 0 amide bonds. The van der Waals surface area contributed by atoms with Gasteiger partial charge in [-0.1, -0.05) is 24.3 Å². The van der Waals surface area contributed by atoms with Crippen LogP contribution in [0.3, 0.4) is 0 Å². The second-order valence-electron chi connectivity index (χ2n) is 8.59. The molecule has 0 fully saturated rings. The first-order valence-corrected chi connectivity index (χ1v) is 12.5. The van der Waals surface area contributed by atoms with E-state index in [1.807, 2.05) is 12.1 Å². The molecule has 0 unspecified atom stereocenters. The van der Waals surface area contributed by atoms with Crippen molar-refractivity contribution in [1.29, 1.82) is 0 Å². The van der Waals surface area contributed by atoms with E-state index in [4.69, 9.17) is 0 Å². The van der Waals surface area contributed by atoms with Crippen LogP contribution in [0.4, 0.5) is 8.78 Å². The Morgan fingerprint density at radius 2 is 1.82 bits per heavy atom. The van der Waals surface area contributed by atoms with Crippen LogP contribution < -0.4 is 10.3 Å². The van der Waals surface area contributed by atoms with E-state index in [-0.39, 0.29) is 5.56 Å². The summed E-state index contributed by atoms with van der Waals surface area (Å²) >= 11 is 0. The highest BCUT2D eigenvalue weighted by Crippen LogP contribution is 2.33. The summed E-state index contributed by atoms with van der Waals surface area (Å²) in [6.07, 6.45) is 2.48. The first kappa shape index (κ1) is 23.3. The summed E-state index contributed by atoms with van der Waals surface area (Å²) < 4.78 is 55.7. The third kappa shape index (κ3) is 5.04. The van der Waals surface area contributed by atoms with Gasteiger partial charge in [-0.05, 0) is 55.0 Å². The maximum absolute atomic E-state index is 13.7. The van der Waals surface area contributed by atoms with Crippen molar-refractivity contribution in [3.05, 3.63) is 87.1 Å². The zero-order valence-corrected chi connectivity index (χ0v) is 19.4. The highest BCUT2D eigenvalue weighted by atomic mass is 32.2. The Kier molecular flexibility index (Phi) is 6.20. The molecule has 0 radical (unpaired) electrons. The number of nitrogens with one attached hydrogen (secondary N) is 1. The molecule has 0 saturated heterocycles. The molecular weight excluding hydrogens is 448 g/mol. The van der Waals surface area contributed by atoms with Gasteiger partial charge >= 0.3 is 0 Å². The number of sulfonamides is 1. The van der Waals surface area contributed by atoms with Crippen LogP contribution in [0.2, 0.25) is 0 Å². The van der Waals surface area contributed by atoms with E-state index in [0.29, 0.717) is 47.5 Å². The lowest BCUT2D eigenvalue weighted by Crippen LogP contribution is -2.45. The zero-order valence-electron chi connectivity index (χ0n) is 18.6. The quantitative estimate of drug-likeness (QED) is 0.617. The number of hydrogen-bond acceptors (Lipinski definition) is 4. The molecule has 174 valence electrons. The molecule has 0 saturated carbocycles. The summed E-state index contributed by atoms with van der Waals surface area (Å²) in [6, 6.07) is 10.1. The molecule has 4 rings (SSSR count). The molecule has 0 aliphatic heterocycles. The molecule has 1 aliphatic rings. The van der Waals surface area contributed by atoms with Gasteiger partial charge in [0.05, 0.1) is 11.9 Å². The van der Waals surface area contributed by atoms with Crippen molar-refractivity contribution in [2.75, 3.05) is 6.26 Å². The summed E-state index contributed by atoms with van der Waals surface area (Å²) in [5.41, 5.74) is 2.86. The minimum absolute atomic E-state index is 0.189. The van der Waals surface area contributed by atoms with Gasteiger partial charge in [0.15, 0.2) is 0 Å². The monoisotopic (exact) mass is 473 g/mol. The number of aromatic nitrogens is 2. The lowest BCUT2D eigenvalue weighted by molar-refractivity contribution is 0.417. The molecule has 1 aliphatic carbocycles. The van der Waals surface area contributed by atoms with E-state index in [0.717, 1.165) is 17.9 Å². The van der Waals surface area contributed by atoms with E-state index >= 15 is 0 Å². The van der Waals surface area contributed by atoms with E-state index in [9.17, 15) is 22.0 Å². The van der Waals surface area contributed by atoms with Gasteiger partial charge in [-0.3, -0.25) is 9.36 Å². The van der Waals surface area contributed by atoms with Crippen LogP contribution in [0.15, 0.2) is 47.3 Å². The van der Waals surface area contributed by atoms with E-state index in [1.54, 1.807) is 26.1 Å². The Morgan fingerprint density at radius 3 is 2.48 bits per heavy atom. The molecule has 9 heteroatoms. The fourth-order valence-corrected chi connectivity index (χ4v) is 5.38. The predicted octanol–water partition coefficient (Wildman–Crippen LogP) is 3.22. The van der Waals surface area contributed by atoms with Crippen LogP contribution >= 0.6 is 0 Å². The molecule has 0 bridgehead atoms. The van der Waals surface area contributed by atoms with E-state index in [1.165, 1.54) is 16.7 Å². The third-order valence-electron chi connectivity index (χ3n) is 6.12. The molecule has 0 spiro atoms. The normalized spacial score (nSPS) is 18.2. The van der Waals surface area contributed by atoms with Crippen molar-refractivity contribution in [1.82, 2.24) is 14.3 Å². The first-order chi connectivity index (χ1) is 15.5. The molecule has 3 aromatic rings. The van der Waals surface area contributed by atoms with Gasteiger partial charge < -0.3 is 0 Å². The molecule has 2 aromatic carbocycles. The van der Waals surface area contributed by atoms with Crippen molar-refractivity contribution >= 4 is 10.0 Å². The summed E-state index contributed by atoms with van der Waals surface area (Å²) in [4.78, 5) is 17.8. The standard InChI is InChI=1S/C24H25F2N3O3S/c1-14-27-22-8-7-21(28-33(3,31)32)20(23(22)24(30)29(14)2)10-15-5-4-6-16(9-15)17-11-18(25)13-19(26)12-17/h4-6,9,11-13,20-21,28H,7-8,10H2,1-3H3/t20-,21-/m0/s1. The number of aryl methyl sites for hydroxylation is 2. The van der Waals surface area contributed by atoms with Gasteiger partial charge in [0, 0.05) is 30.6 Å². The summed E-state index contributed by atoms with van der Waals surface area (Å²) in [5, 5.41) is 0. The lowest BCUT2D eigenvalue weighted by Gasteiger charge is -2.33. The second kappa shape index (κ2) is 8.79. The lowest BCUT2D eigenvalue weighted by atomic mass is 9.78. The van der Waals surface area contributed by atoms with Crippen LogP contribution in [0.25, 0.3) is 11.1 Å². The van der Waals surface area contributed by atoms with Crippen LogP contribution in [0.5, 0.6) is 0 Å². The van der Waals surface area contributed by atoms with Gasteiger partial charge in [-0.2, -0.15) is 0 Å². The Labute approximate surface area is 191 Å². The molecular formula is C24H25F2N3O3S. The minimum atomic E-state index is -3.51. The van der Waals surface area contributed by atoms with Gasteiger partial charge in [-0.25, -0.2) is 26.9 Å². The first-order valence-electron chi connectivity index (χ1n) is 10.6. The largest absolute Gasteiger partial charge is 0.300 e. The summed E-state index contributed by atoms with van der Waals surface area (Å²) in [6.45, 7) is 1.76. The van der Waals surface area contributed by atoms with Crippen molar-refractivity contribution in [3.63, 3.8) is 0 Å². The van der Waals surface area contributed by atoms with Crippen LogP contribution in [0, 0.1) is 18.6 Å². The Balaban J connectivity index is 1.78. The summed E-state index contributed by atoms with van der Waals surface area (Å²) in [7, 11) is -1.86. The Hall–Kier alpha value is -2.91. The number of halogens is 2. The fourth-order valence-electron chi connectivity index (χ4n) is 4.55. The second-order valence-corrected chi connectivity index (χ2v) is 10.4. The predicted molar refractivity (Wildman–Crippen MR) is 123 cm³/mol. The summed E-state index contributed by atoms with van der Waals surface area (Å²) in [5.74, 6) is -1.17. The van der Waals surface area contributed by atoms with Crippen molar-refractivity contribution in [2.24, 2.45) is 7.05 Å². The number of fused-ring (bicyclic) bond motifs is 1. The number of benzene rings is 2. The fraction of sp³-hybridized carbons (Fsp3) is 0.333. The molecule has 33 heavy (non-hydrogen) atoms. The van der Waals surface area contributed by atoms with Gasteiger partial charge in [0.1, 0.15) is 17.5 Å². The van der Waals surface area contributed by atoms with Crippen molar-refractivity contribution in [3.8, 4) is 11.1 Å². The molecule has 1 N–H and O–H groups in total. The van der Waals surface area contributed by atoms with E-state index in [2.05, 4.69) is 9.71 Å². The van der Waals surface area contributed by atoms with Crippen LogP contribution in [-0.4, -0.2) is 30.3 Å².